The van der Waals surface area contributed by atoms with Gasteiger partial charge in [0.15, 0.2) is 5.16 Å². The van der Waals surface area contributed by atoms with E-state index >= 15 is 0 Å². The third kappa shape index (κ3) is 4.33. The molecule has 6 nitrogen and oxygen atoms in total. The fourth-order valence-electron chi connectivity index (χ4n) is 3.48. The van der Waals surface area contributed by atoms with E-state index in [-0.39, 0.29) is 5.56 Å². The first-order valence-electron chi connectivity index (χ1n) is 10.3. The summed E-state index contributed by atoms with van der Waals surface area (Å²) in [5.41, 5.74) is 2.72. The number of hydrogen-bond acceptors (Lipinski definition) is 6. The molecule has 2 heterocycles. The molecule has 0 N–H and O–H groups in total. The minimum Gasteiger partial charge on any atom is -0.338 e. The fraction of sp³-hybridized carbons (Fsp3) is 0.120. The monoisotopic (exact) mass is 440 g/mol. The molecule has 0 atom stereocenters. The summed E-state index contributed by atoms with van der Waals surface area (Å²) in [4.78, 5) is 22.5. The van der Waals surface area contributed by atoms with Crippen LogP contribution in [0.25, 0.3) is 22.3 Å². The van der Waals surface area contributed by atoms with Crippen molar-refractivity contribution < 1.29 is 4.52 Å². The number of rotatable bonds is 7. The van der Waals surface area contributed by atoms with Gasteiger partial charge in [-0.15, -0.1) is 0 Å². The molecule has 2 aromatic heterocycles. The van der Waals surface area contributed by atoms with E-state index in [0.29, 0.717) is 40.1 Å². The summed E-state index contributed by atoms with van der Waals surface area (Å²) in [5.74, 6) is 1.47. The van der Waals surface area contributed by atoms with Crippen LogP contribution in [0.2, 0.25) is 0 Å². The van der Waals surface area contributed by atoms with Crippen molar-refractivity contribution in [2.24, 2.45) is 0 Å². The van der Waals surface area contributed by atoms with Crippen LogP contribution in [0.4, 0.5) is 0 Å². The molecule has 0 amide bonds. The van der Waals surface area contributed by atoms with Crippen LogP contribution < -0.4 is 5.56 Å². The second-order valence-corrected chi connectivity index (χ2v) is 8.21. The van der Waals surface area contributed by atoms with Gasteiger partial charge in [-0.25, -0.2) is 4.98 Å². The summed E-state index contributed by atoms with van der Waals surface area (Å²) in [7, 11) is 0. The third-order valence-electron chi connectivity index (χ3n) is 5.12. The molecule has 5 aromatic rings. The number of thioether (sulfide) groups is 1. The second kappa shape index (κ2) is 9.20. The van der Waals surface area contributed by atoms with Gasteiger partial charge in [0.2, 0.25) is 11.7 Å². The highest BCUT2D eigenvalue weighted by molar-refractivity contribution is 7.98. The van der Waals surface area contributed by atoms with E-state index < -0.39 is 0 Å². The van der Waals surface area contributed by atoms with Gasteiger partial charge in [-0.2, -0.15) is 4.98 Å². The van der Waals surface area contributed by atoms with Crippen molar-refractivity contribution in [3.05, 3.63) is 107 Å². The van der Waals surface area contributed by atoms with Crippen LogP contribution in [0.5, 0.6) is 0 Å². The van der Waals surface area contributed by atoms with Gasteiger partial charge < -0.3 is 4.52 Å². The third-order valence-corrected chi connectivity index (χ3v) is 6.08. The van der Waals surface area contributed by atoms with E-state index in [2.05, 4.69) is 22.3 Å². The van der Waals surface area contributed by atoms with E-state index in [1.54, 1.807) is 4.57 Å². The zero-order chi connectivity index (χ0) is 21.8. The average molecular weight is 441 g/mol. The summed E-state index contributed by atoms with van der Waals surface area (Å²) in [6.07, 6.45) is 0.743. The van der Waals surface area contributed by atoms with Crippen LogP contribution in [0.1, 0.15) is 11.5 Å². The molecule has 0 aliphatic carbocycles. The Labute approximate surface area is 188 Å². The van der Waals surface area contributed by atoms with Crippen molar-refractivity contribution in [1.82, 2.24) is 19.7 Å². The smallest absolute Gasteiger partial charge is 0.262 e. The molecule has 158 valence electrons. The van der Waals surface area contributed by atoms with Crippen molar-refractivity contribution in [2.75, 3.05) is 0 Å². The SMILES string of the molecule is O=c1c2ccccc2nc(SCc2nc(-c3ccccc3)no2)n1CCc1ccccc1. The van der Waals surface area contributed by atoms with Crippen LogP contribution in [0.3, 0.4) is 0 Å². The Kier molecular flexibility index (Phi) is 5.81. The van der Waals surface area contributed by atoms with Gasteiger partial charge in [0, 0.05) is 12.1 Å². The van der Waals surface area contributed by atoms with Gasteiger partial charge in [0.25, 0.3) is 5.56 Å². The number of fused-ring (bicyclic) bond motifs is 1. The van der Waals surface area contributed by atoms with Crippen LogP contribution in [0.15, 0.2) is 99.4 Å². The minimum absolute atomic E-state index is 0.0375. The normalized spacial score (nSPS) is 11.1. The lowest BCUT2D eigenvalue weighted by Gasteiger charge is -2.12. The van der Waals surface area contributed by atoms with Gasteiger partial charge in [0.05, 0.1) is 16.7 Å². The standard InChI is InChI=1S/C25H20N4O2S/c30-24-20-13-7-8-14-21(20)26-25(29(24)16-15-18-9-3-1-4-10-18)32-17-22-27-23(28-31-22)19-11-5-2-6-12-19/h1-14H,15-17H2. The van der Waals surface area contributed by atoms with E-state index in [1.165, 1.54) is 17.3 Å². The molecule has 7 heteroatoms. The van der Waals surface area contributed by atoms with E-state index in [0.717, 1.165) is 12.0 Å². The van der Waals surface area contributed by atoms with Crippen molar-refractivity contribution in [1.29, 1.82) is 0 Å². The predicted octanol–water partition coefficient (Wildman–Crippen LogP) is 4.98. The summed E-state index contributed by atoms with van der Waals surface area (Å²) in [5, 5.41) is 5.34. The highest BCUT2D eigenvalue weighted by atomic mass is 32.2. The molecule has 0 saturated heterocycles. The number of para-hydroxylation sites is 1. The van der Waals surface area contributed by atoms with Gasteiger partial charge in [-0.1, -0.05) is 89.7 Å². The van der Waals surface area contributed by atoms with Gasteiger partial charge >= 0.3 is 0 Å². The van der Waals surface area contributed by atoms with Crippen molar-refractivity contribution >= 4 is 22.7 Å². The second-order valence-electron chi connectivity index (χ2n) is 7.27. The maximum absolute atomic E-state index is 13.2. The van der Waals surface area contributed by atoms with E-state index in [1.807, 2.05) is 72.8 Å². The molecule has 5 rings (SSSR count). The lowest BCUT2D eigenvalue weighted by molar-refractivity contribution is 0.391. The van der Waals surface area contributed by atoms with Gasteiger partial charge in [-0.05, 0) is 24.1 Å². The van der Waals surface area contributed by atoms with Gasteiger partial charge in [-0.3, -0.25) is 9.36 Å². The van der Waals surface area contributed by atoms with Crippen LogP contribution in [-0.2, 0) is 18.7 Å². The molecule has 32 heavy (non-hydrogen) atoms. The summed E-state index contributed by atoms with van der Waals surface area (Å²) < 4.78 is 7.18. The summed E-state index contributed by atoms with van der Waals surface area (Å²) in [6, 6.07) is 27.3. The molecular formula is C25H20N4O2S. The zero-order valence-electron chi connectivity index (χ0n) is 17.2. The Bertz CT molecular complexity index is 1400. The quantitative estimate of drug-likeness (QED) is 0.262. The van der Waals surface area contributed by atoms with Crippen LogP contribution in [-0.4, -0.2) is 19.7 Å². The Morgan fingerprint density at radius 1 is 0.844 bits per heavy atom. The first-order valence-corrected chi connectivity index (χ1v) is 11.3. The number of nitrogens with zero attached hydrogens (tertiary/aromatic N) is 4. The number of benzene rings is 3. The van der Waals surface area contributed by atoms with Gasteiger partial charge in [0.1, 0.15) is 0 Å². The summed E-state index contributed by atoms with van der Waals surface area (Å²) in [6.45, 7) is 0.544. The highest BCUT2D eigenvalue weighted by Gasteiger charge is 2.14. The molecule has 0 radical (unpaired) electrons. The average Bonchev–Trinajstić information content (AvgIpc) is 3.33. The molecule has 0 aliphatic heterocycles. The largest absolute Gasteiger partial charge is 0.338 e. The van der Waals surface area contributed by atoms with Crippen molar-refractivity contribution in [3.8, 4) is 11.4 Å². The highest BCUT2D eigenvalue weighted by Crippen LogP contribution is 2.23. The Morgan fingerprint density at radius 3 is 2.38 bits per heavy atom. The van der Waals surface area contributed by atoms with Crippen molar-refractivity contribution in [3.63, 3.8) is 0 Å². The Morgan fingerprint density at radius 2 is 1.56 bits per heavy atom. The van der Waals surface area contributed by atoms with Crippen LogP contribution >= 0.6 is 11.8 Å². The first-order chi connectivity index (χ1) is 15.8. The van der Waals surface area contributed by atoms with Crippen LogP contribution in [0, 0.1) is 0 Å². The molecule has 0 saturated carbocycles. The molecule has 0 spiro atoms. The maximum Gasteiger partial charge on any atom is 0.262 e. The molecule has 0 fully saturated rings. The zero-order valence-corrected chi connectivity index (χ0v) is 18.0. The number of hydrogen-bond donors (Lipinski definition) is 0. The minimum atomic E-state index is -0.0375. The topological polar surface area (TPSA) is 73.8 Å². The number of aryl methyl sites for hydroxylation is 1. The Hall–Kier alpha value is -3.71. The number of aromatic nitrogens is 4. The maximum atomic E-state index is 13.2. The first kappa shape index (κ1) is 20.2. The molecule has 0 unspecified atom stereocenters. The molecule has 3 aromatic carbocycles. The van der Waals surface area contributed by atoms with E-state index in [4.69, 9.17) is 9.51 Å². The molecule has 0 bridgehead atoms. The summed E-state index contributed by atoms with van der Waals surface area (Å²) >= 11 is 1.43. The fourth-order valence-corrected chi connectivity index (χ4v) is 4.35. The van der Waals surface area contributed by atoms with E-state index in [9.17, 15) is 4.79 Å². The lowest BCUT2D eigenvalue weighted by Crippen LogP contribution is -2.24. The Balaban J connectivity index is 1.42. The molecular weight excluding hydrogens is 420 g/mol. The molecule has 0 aliphatic rings. The lowest BCUT2D eigenvalue weighted by atomic mass is 10.1. The van der Waals surface area contributed by atoms with Crippen molar-refractivity contribution in [2.45, 2.75) is 23.9 Å². The predicted molar refractivity (Wildman–Crippen MR) is 125 cm³/mol.